The van der Waals surface area contributed by atoms with Gasteiger partial charge in [-0.2, -0.15) is 0 Å². The summed E-state index contributed by atoms with van der Waals surface area (Å²) in [6, 6.07) is 13.8. The molecule has 0 saturated carbocycles. The smallest absolute Gasteiger partial charge is 0.240 e. The number of rotatable bonds is 4. The van der Waals surface area contributed by atoms with Gasteiger partial charge in [0, 0.05) is 12.2 Å². The third-order valence-corrected chi connectivity index (χ3v) is 4.16. The van der Waals surface area contributed by atoms with Crippen molar-refractivity contribution in [3.8, 4) is 0 Å². The highest BCUT2D eigenvalue weighted by molar-refractivity contribution is 7.89. The molecule has 0 heterocycles. The van der Waals surface area contributed by atoms with Gasteiger partial charge in [0.2, 0.25) is 10.0 Å². The second-order valence-electron chi connectivity index (χ2n) is 4.38. The van der Waals surface area contributed by atoms with Crippen LogP contribution < -0.4 is 10.5 Å². The summed E-state index contributed by atoms with van der Waals surface area (Å²) in [4.78, 5) is 0.217. The summed E-state index contributed by atoms with van der Waals surface area (Å²) in [6.07, 6.45) is 0. The number of nitrogens with one attached hydrogen (secondary N) is 1. The standard InChI is InChI=1S/C14H16N2O2S/c1-11-3-2-4-12(9-11)10-16-19(17,18)14-7-5-13(15)6-8-14/h2-9,16H,10,15H2,1H3. The molecule has 2 aromatic rings. The zero-order valence-corrected chi connectivity index (χ0v) is 11.4. The molecule has 0 amide bonds. The molecule has 0 aliphatic carbocycles. The molecule has 100 valence electrons. The molecular formula is C14H16N2O2S. The van der Waals surface area contributed by atoms with Crippen molar-refractivity contribution < 1.29 is 8.42 Å². The van der Waals surface area contributed by atoms with Crippen LogP contribution in [0.15, 0.2) is 53.4 Å². The Hall–Kier alpha value is -1.85. The Bertz CT molecular complexity index is 664. The molecule has 19 heavy (non-hydrogen) atoms. The van der Waals surface area contributed by atoms with E-state index in [-0.39, 0.29) is 11.4 Å². The minimum absolute atomic E-state index is 0.217. The molecule has 0 fully saturated rings. The fourth-order valence-corrected chi connectivity index (χ4v) is 2.75. The van der Waals surface area contributed by atoms with E-state index in [4.69, 9.17) is 5.73 Å². The molecule has 2 rings (SSSR count). The molecule has 0 radical (unpaired) electrons. The number of hydrogen-bond donors (Lipinski definition) is 2. The van der Waals surface area contributed by atoms with E-state index in [0.717, 1.165) is 11.1 Å². The Kier molecular flexibility index (Phi) is 3.87. The van der Waals surface area contributed by atoms with Crippen LogP contribution in [0.4, 0.5) is 5.69 Å². The number of aryl methyl sites for hydroxylation is 1. The van der Waals surface area contributed by atoms with Crippen LogP contribution in [0.5, 0.6) is 0 Å². The molecule has 0 aliphatic heterocycles. The van der Waals surface area contributed by atoms with Gasteiger partial charge in [-0.25, -0.2) is 13.1 Å². The maximum Gasteiger partial charge on any atom is 0.240 e. The molecule has 3 N–H and O–H groups in total. The zero-order chi connectivity index (χ0) is 13.9. The highest BCUT2D eigenvalue weighted by Gasteiger charge is 2.12. The lowest BCUT2D eigenvalue weighted by atomic mass is 10.1. The van der Waals surface area contributed by atoms with Gasteiger partial charge in [0.1, 0.15) is 0 Å². The molecule has 4 nitrogen and oxygen atoms in total. The van der Waals surface area contributed by atoms with Crippen molar-refractivity contribution >= 4 is 15.7 Å². The second-order valence-corrected chi connectivity index (χ2v) is 6.15. The van der Waals surface area contributed by atoms with Crippen molar-refractivity contribution in [2.75, 3.05) is 5.73 Å². The van der Waals surface area contributed by atoms with Crippen molar-refractivity contribution in [2.45, 2.75) is 18.4 Å². The highest BCUT2D eigenvalue weighted by Crippen LogP contribution is 2.12. The van der Waals surface area contributed by atoms with Crippen LogP contribution in [0, 0.1) is 6.92 Å². The first-order chi connectivity index (χ1) is 8.97. The van der Waals surface area contributed by atoms with Gasteiger partial charge in [-0.05, 0) is 36.8 Å². The van der Waals surface area contributed by atoms with Crippen LogP contribution in [0.2, 0.25) is 0 Å². The Morgan fingerprint density at radius 1 is 1.11 bits per heavy atom. The molecule has 0 bridgehead atoms. The van der Waals surface area contributed by atoms with Gasteiger partial charge < -0.3 is 5.73 Å². The van der Waals surface area contributed by atoms with Gasteiger partial charge >= 0.3 is 0 Å². The van der Waals surface area contributed by atoms with Crippen molar-refractivity contribution in [2.24, 2.45) is 0 Å². The zero-order valence-electron chi connectivity index (χ0n) is 10.6. The highest BCUT2D eigenvalue weighted by atomic mass is 32.2. The lowest BCUT2D eigenvalue weighted by molar-refractivity contribution is 0.581. The van der Waals surface area contributed by atoms with E-state index in [1.165, 1.54) is 12.1 Å². The molecule has 5 heteroatoms. The Morgan fingerprint density at radius 2 is 1.79 bits per heavy atom. The molecule has 0 atom stereocenters. The van der Waals surface area contributed by atoms with Crippen molar-refractivity contribution in [1.82, 2.24) is 4.72 Å². The van der Waals surface area contributed by atoms with Crippen LogP contribution in [0.1, 0.15) is 11.1 Å². The van der Waals surface area contributed by atoms with E-state index in [1.807, 2.05) is 31.2 Å². The number of benzene rings is 2. The van der Waals surface area contributed by atoms with Gasteiger partial charge in [0.15, 0.2) is 0 Å². The summed E-state index contributed by atoms with van der Waals surface area (Å²) in [7, 11) is -3.49. The molecule has 0 aromatic heterocycles. The summed E-state index contributed by atoms with van der Waals surface area (Å²) in [5.74, 6) is 0. The van der Waals surface area contributed by atoms with Gasteiger partial charge in [0.25, 0.3) is 0 Å². The first kappa shape index (κ1) is 13.6. The molecule has 0 saturated heterocycles. The van der Waals surface area contributed by atoms with Gasteiger partial charge in [0.05, 0.1) is 4.90 Å². The average molecular weight is 276 g/mol. The van der Waals surface area contributed by atoms with Crippen LogP contribution >= 0.6 is 0 Å². The minimum atomic E-state index is -3.49. The molecule has 2 aromatic carbocycles. The summed E-state index contributed by atoms with van der Waals surface area (Å²) < 4.78 is 26.7. The van der Waals surface area contributed by atoms with Crippen LogP contribution in [-0.2, 0) is 16.6 Å². The first-order valence-corrected chi connectivity index (χ1v) is 7.36. The molecule has 0 aliphatic rings. The number of nitrogen functional groups attached to an aromatic ring is 1. The Labute approximate surface area is 113 Å². The van der Waals surface area contributed by atoms with Gasteiger partial charge in [-0.15, -0.1) is 0 Å². The fourth-order valence-electron chi connectivity index (χ4n) is 1.73. The minimum Gasteiger partial charge on any atom is -0.399 e. The maximum absolute atomic E-state index is 12.0. The van der Waals surface area contributed by atoms with E-state index < -0.39 is 10.0 Å². The van der Waals surface area contributed by atoms with E-state index in [0.29, 0.717) is 5.69 Å². The van der Waals surface area contributed by atoms with Crippen LogP contribution in [-0.4, -0.2) is 8.42 Å². The van der Waals surface area contributed by atoms with Crippen LogP contribution in [0.3, 0.4) is 0 Å². The second kappa shape index (κ2) is 5.42. The maximum atomic E-state index is 12.0. The third-order valence-electron chi connectivity index (χ3n) is 2.74. The molecule has 0 unspecified atom stereocenters. The Morgan fingerprint density at radius 3 is 2.42 bits per heavy atom. The predicted octanol–water partition coefficient (Wildman–Crippen LogP) is 2.06. The van der Waals surface area contributed by atoms with E-state index in [1.54, 1.807) is 12.1 Å². The van der Waals surface area contributed by atoms with Crippen molar-refractivity contribution in [3.63, 3.8) is 0 Å². The first-order valence-electron chi connectivity index (χ1n) is 5.88. The fraction of sp³-hybridized carbons (Fsp3) is 0.143. The number of anilines is 1. The summed E-state index contributed by atoms with van der Waals surface area (Å²) in [5, 5.41) is 0. The summed E-state index contributed by atoms with van der Waals surface area (Å²) in [5.41, 5.74) is 8.11. The topological polar surface area (TPSA) is 72.2 Å². The summed E-state index contributed by atoms with van der Waals surface area (Å²) in [6.45, 7) is 2.24. The lowest BCUT2D eigenvalue weighted by Gasteiger charge is -2.07. The normalized spacial score (nSPS) is 11.4. The van der Waals surface area contributed by atoms with Crippen molar-refractivity contribution in [1.29, 1.82) is 0 Å². The molecular weight excluding hydrogens is 260 g/mol. The van der Waals surface area contributed by atoms with E-state index in [2.05, 4.69) is 4.72 Å². The third kappa shape index (κ3) is 3.56. The predicted molar refractivity (Wildman–Crippen MR) is 76.1 cm³/mol. The lowest BCUT2D eigenvalue weighted by Crippen LogP contribution is -2.23. The Balaban J connectivity index is 2.12. The number of sulfonamides is 1. The number of nitrogens with two attached hydrogens (primary N) is 1. The quantitative estimate of drug-likeness (QED) is 0.840. The molecule has 0 spiro atoms. The van der Waals surface area contributed by atoms with E-state index in [9.17, 15) is 8.42 Å². The van der Waals surface area contributed by atoms with Gasteiger partial charge in [-0.3, -0.25) is 0 Å². The largest absolute Gasteiger partial charge is 0.399 e. The van der Waals surface area contributed by atoms with Gasteiger partial charge in [-0.1, -0.05) is 29.8 Å². The van der Waals surface area contributed by atoms with Crippen LogP contribution in [0.25, 0.3) is 0 Å². The number of hydrogen-bond acceptors (Lipinski definition) is 3. The van der Waals surface area contributed by atoms with Crippen molar-refractivity contribution in [3.05, 3.63) is 59.7 Å². The SMILES string of the molecule is Cc1cccc(CNS(=O)(=O)c2ccc(N)cc2)c1. The monoisotopic (exact) mass is 276 g/mol. The summed E-state index contributed by atoms with van der Waals surface area (Å²) >= 11 is 0. The average Bonchev–Trinajstić information content (AvgIpc) is 2.37. The van der Waals surface area contributed by atoms with E-state index >= 15 is 0 Å².